The molecule has 43 heavy (non-hydrogen) atoms. The Labute approximate surface area is 256 Å². The summed E-state index contributed by atoms with van der Waals surface area (Å²) in [6.07, 6.45) is 4.61. The molecule has 2 unspecified atom stereocenters. The molecule has 9 heteroatoms. The zero-order chi connectivity index (χ0) is 31.7. The Hall–Kier alpha value is -3.17. The lowest BCUT2D eigenvalue weighted by atomic mass is 9.70. The van der Waals surface area contributed by atoms with E-state index >= 15 is 0 Å². The van der Waals surface area contributed by atoms with E-state index in [0.29, 0.717) is 43.9 Å². The third kappa shape index (κ3) is 5.62. The first-order valence-corrected chi connectivity index (χ1v) is 15.6. The first kappa shape index (κ1) is 32.7. The third-order valence-electron chi connectivity index (χ3n) is 9.53. The van der Waals surface area contributed by atoms with Crippen LogP contribution in [0, 0.1) is 17.8 Å². The highest BCUT2D eigenvalue weighted by atomic mass is 16.5. The third-order valence-corrected chi connectivity index (χ3v) is 9.53. The number of amides is 3. The normalized spacial score (nSPS) is 27.4. The van der Waals surface area contributed by atoms with Gasteiger partial charge in [0, 0.05) is 24.3 Å². The van der Waals surface area contributed by atoms with Crippen molar-refractivity contribution in [3.05, 3.63) is 49.6 Å². The summed E-state index contributed by atoms with van der Waals surface area (Å²) in [5.74, 6) is -1.76. The molecular weight excluding hydrogens is 546 g/mol. The van der Waals surface area contributed by atoms with E-state index in [0.717, 1.165) is 0 Å². The number of hydrogen-bond acceptors (Lipinski definition) is 6. The lowest BCUT2D eigenvalue weighted by Gasteiger charge is -2.44. The average Bonchev–Trinajstić information content (AvgIpc) is 3.62. The van der Waals surface area contributed by atoms with Crippen LogP contribution in [0.25, 0.3) is 0 Å². The highest BCUT2D eigenvalue weighted by Gasteiger charge is 2.75. The summed E-state index contributed by atoms with van der Waals surface area (Å²) in [5, 5.41) is 10.6. The predicted molar refractivity (Wildman–Crippen MR) is 167 cm³/mol. The molecule has 2 bridgehead atoms. The van der Waals surface area contributed by atoms with Crippen LogP contribution in [0.3, 0.4) is 0 Å². The van der Waals surface area contributed by atoms with Gasteiger partial charge in [-0.1, -0.05) is 32.4 Å². The molecule has 4 rings (SSSR count). The van der Waals surface area contributed by atoms with Crippen molar-refractivity contribution in [2.45, 2.75) is 90.1 Å². The van der Waals surface area contributed by atoms with E-state index in [1.807, 2.05) is 65.8 Å². The zero-order valence-electron chi connectivity index (χ0n) is 26.6. The summed E-state index contributed by atoms with van der Waals surface area (Å²) in [4.78, 5) is 48.6. The first-order valence-electron chi connectivity index (χ1n) is 15.6. The number of nitrogens with zero attached hydrogens (tertiary/aromatic N) is 3. The maximum atomic E-state index is 14.6. The number of benzene rings is 1. The van der Waals surface area contributed by atoms with E-state index in [1.165, 1.54) is 0 Å². The number of carbonyl (C=O) groups is 3. The molecule has 3 aliphatic heterocycles. The molecule has 0 saturated carbocycles. The second kappa shape index (κ2) is 12.8. The largest absolute Gasteiger partial charge is 0.494 e. The van der Waals surface area contributed by atoms with Crippen LogP contribution >= 0.6 is 0 Å². The van der Waals surface area contributed by atoms with Gasteiger partial charge >= 0.3 is 0 Å². The lowest BCUT2D eigenvalue weighted by Crippen LogP contribution is -2.62. The molecule has 3 aliphatic rings. The molecule has 3 saturated heterocycles. The van der Waals surface area contributed by atoms with Gasteiger partial charge in [-0.3, -0.25) is 14.4 Å². The number of likely N-dealkylation sites (tertiary alicyclic amines) is 1. The number of aliphatic hydroxyl groups excluding tert-OH is 1. The lowest BCUT2D eigenvalue weighted by molar-refractivity contribution is -0.155. The summed E-state index contributed by atoms with van der Waals surface area (Å²) in [6.45, 7) is 20.3. The summed E-state index contributed by atoms with van der Waals surface area (Å²) in [5.41, 5.74) is -1.05. The minimum absolute atomic E-state index is 0.0746. The molecule has 1 spiro atoms. The molecule has 1 N–H and O–H groups in total. The van der Waals surface area contributed by atoms with Gasteiger partial charge in [0.2, 0.25) is 17.7 Å². The van der Waals surface area contributed by atoms with Crippen LogP contribution in [0.15, 0.2) is 49.6 Å². The Morgan fingerprint density at radius 3 is 2.35 bits per heavy atom. The molecular formula is C34H49N3O6. The van der Waals surface area contributed by atoms with Gasteiger partial charge in [-0.25, -0.2) is 0 Å². The van der Waals surface area contributed by atoms with Crippen LogP contribution in [0.1, 0.15) is 60.8 Å². The molecule has 3 heterocycles. The van der Waals surface area contributed by atoms with Gasteiger partial charge in [-0.15, -0.1) is 13.2 Å². The fourth-order valence-corrected chi connectivity index (χ4v) is 7.32. The average molecular weight is 596 g/mol. The van der Waals surface area contributed by atoms with Crippen molar-refractivity contribution >= 4 is 23.4 Å². The van der Waals surface area contributed by atoms with Crippen molar-refractivity contribution < 1.29 is 29.0 Å². The van der Waals surface area contributed by atoms with Gasteiger partial charge < -0.3 is 29.3 Å². The molecule has 9 nitrogen and oxygen atoms in total. The standard InChI is InChI=1S/C34H49N3O6/c1-9-19-35(23-13-15-24(16-14-23)42-12-4)30(39)27-26-17-18-34(43-26)28(27)31(40)37(25(21-38)22(5)11-3)29(34)32(41)36(20-10-2)33(6,7)8/h9-10,13-16,22,25-29,38H,1-2,11-12,17-21H2,3-8H3/t22-,25-,26-,27+,28-,29?,34?/m0/s1. The van der Waals surface area contributed by atoms with E-state index in [4.69, 9.17) is 9.47 Å². The van der Waals surface area contributed by atoms with Gasteiger partial charge in [0.05, 0.1) is 37.2 Å². The van der Waals surface area contributed by atoms with Crippen LogP contribution in [-0.2, 0) is 19.1 Å². The van der Waals surface area contributed by atoms with Crippen molar-refractivity contribution in [1.29, 1.82) is 0 Å². The van der Waals surface area contributed by atoms with Gasteiger partial charge in [0.15, 0.2) is 0 Å². The van der Waals surface area contributed by atoms with E-state index in [1.54, 1.807) is 26.9 Å². The van der Waals surface area contributed by atoms with E-state index < -0.39 is 41.2 Å². The van der Waals surface area contributed by atoms with Crippen LogP contribution in [-0.4, -0.2) is 88.3 Å². The molecule has 1 aromatic carbocycles. The molecule has 0 radical (unpaired) electrons. The van der Waals surface area contributed by atoms with Crippen molar-refractivity contribution in [3.8, 4) is 5.75 Å². The first-order chi connectivity index (χ1) is 20.4. The molecule has 3 fully saturated rings. The number of rotatable bonds is 13. The molecule has 0 aromatic heterocycles. The second-order valence-corrected chi connectivity index (χ2v) is 13.0. The van der Waals surface area contributed by atoms with Gasteiger partial charge in [0.25, 0.3) is 0 Å². The summed E-state index contributed by atoms with van der Waals surface area (Å²) < 4.78 is 12.3. The van der Waals surface area contributed by atoms with Crippen LogP contribution in [0.4, 0.5) is 5.69 Å². The number of carbonyl (C=O) groups excluding carboxylic acids is 3. The van der Waals surface area contributed by atoms with Gasteiger partial charge in [-0.2, -0.15) is 0 Å². The summed E-state index contributed by atoms with van der Waals surface area (Å²) in [7, 11) is 0. The fraction of sp³-hybridized carbons (Fsp3) is 0.618. The maximum Gasteiger partial charge on any atom is 0.249 e. The Kier molecular flexibility index (Phi) is 9.76. The Balaban J connectivity index is 1.80. The van der Waals surface area contributed by atoms with Gasteiger partial charge in [-0.05, 0) is 70.7 Å². The summed E-state index contributed by atoms with van der Waals surface area (Å²) in [6, 6.07) is 5.73. The number of anilines is 1. The SMILES string of the molecule is C=CCN(C(=O)[C@@H]1[C@@H]2CCC3(O2)C(C(=O)N(CC=C)C(C)(C)C)N([C@@H](CO)[C@@H](C)CC)C(=O)[C@H]13)c1ccc(OCC)cc1. The van der Waals surface area contributed by atoms with Crippen molar-refractivity contribution in [1.82, 2.24) is 9.80 Å². The number of hydrogen-bond donors (Lipinski definition) is 1. The molecule has 0 aliphatic carbocycles. The molecule has 3 amide bonds. The maximum absolute atomic E-state index is 14.6. The smallest absolute Gasteiger partial charge is 0.249 e. The number of aliphatic hydroxyl groups is 1. The highest BCUT2D eigenvalue weighted by Crippen LogP contribution is 2.60. The Bertz CT molecular complexity index is 1210. The quantitative estimate of drug-likeness (QED) is 0.343. The minimum Gasteiger partial charge on any atom is -0.494 e. The molecule has 236 valence electrons. The van der Waals surface area contributed by atoms with Crippen molar-refractivity contribution in [3.63, 3.8) is 0 Å². The number of ether oxygens (including phenoxy) is 2. The van der Waals surface area contributed by atoms with Gasteiger partial charge in [0.1, 0.15) is 17.4 Å². The topological polar surface area (TPSA) is 99.6 Å². The van der Waals surface area contributed by atoms with Crippen LogP contribution in [0.5, 0.6) is 5.75 Å². The van der Waals surface area contributed by atoms with Crippen molar-refractivity contribution in [2.24, 2.45) is 17.8 Å². The highest BCUT2D eigenvalue weighted by molar-refractivity contribution is 6.03. The summed E-state index contributed by atoms with van der Waals surface area (Å²) >= 11 is 0. The molecule has 1 aromatic rings. The minimum atomic E-state index is -1.16. The van der Waals surface area contributed by atoms with E-state index in [9.17, 15) is 19.5 Å². The fourth-order valence-electron chi connectivity index (χ4n) is 7.32. The van der Waals surface area contributed by atoms with Crippen LogP contribution in [0.2, 0.25) is 0 Å². The van der Waals surface area contributed by atoms with Crippen LogP contribution < -0.4 is 9.64 Å². The predicted octanol–water partition coefficient (Wildman–Crippen LogP) is 4.20. The number of fused-ring (bicyclic) bond motifs is 1. The van der Waals surface area contributed by atoms with Crippen molar-refractivity contribution in [2.75, 3.05) is 31.2 Å². The molecule has 7 atom stereocenters. The Morgan fingerprint density at radius 2 is 1.81 bits per heavy atom. The zero-order valence-corrected chi connectivity index (χ0v) is 26.6. The van der Waals surface area contributed by atoms with E-state index in [-0.39, 0.29) is 36.8 Å². The Morgan fingerprint density at radius 1 is 1.16 bits per heavy atom. The second-order valence-electron chi connectivity index (χ2n) is 13.0. The van der Waals surface area contributed by atoms with E-state index in [2.05, 4.69) is 13.2 Å². The monoisotopic (exact) mass is 595 g/mol.